The maximum atomic E-state index is 10.7. The summed E-state index contributed by atoms with van der Waals surface area (Å²) in [5.41, 5.74) is 2.87. The average molecular weight is 240 g/mol. The van der Waals surface area contributed by atoms with Crippen LogP contribution in [0.5, 0.6) is 11.5 Å². The van der Waals surface area contributed by atoms with E-state index >= 15 is 0 Å². The van der Waals surface area contributed by atoms with E-state index in [-0.39, 0.29) is 0 Å². The molecule has 0 aliphatic carbocycles. The number of carbonyl (C=O) groups is 1. The molecule has 2 rings (SSSR count). The lowest BCUT2D eigenvalue weighted by Gasteiger charge is -2.08. The quantitative estimate of drug-likeness (QED) is 0.750. The first-order valence-corrected chi connectivity index (χ1v) is 6.05. The largest absolute Gasteiger partial charge is 0.457 e. The van der Waals surface area contributed by atoms with Crippen molar-refractivity contribution in [3.63, 3.8) is 0 Å². The van der Waals surface area contributed by atoms with Gasteiger partial charge in [0, 0.05) is 5.56 Å². The number of benzene rings is 2. The van der Waals surface area contributed by atoms with Gasteiger partial charge in [-0.2, -0.15) is 0 Å². The van der Waals surface area contributed by atoms with Gasteiger partial charge in [0.15, 0.2) is 0 Å². The van der Waals surface area contributed by atoms with Gasteiger partial charge in [-0.15, -0.1) is 0 Å². The first-order valence-electron chi connectivity index (χ1n) is 6.05. The molecule has 0 saturated carbocycles. The van der Waals surface area contributed by atoms with E-state index < -0.39 is 0 Å². The second kappa shape index (κ2) is 5.50. The molecule has 0 bridgehead atoms. The van der Waals surface area contributed by atoms with Gasteiger partial charge in [0.25, 0.3) is 0 Å². The van der Waals surface area contributed by atoms with Crippen molar-refractivity contribution >= 4 is 6.29 Å². The molecule has 0 saturated heterocycles. The lowest BCUT2D eigenvalue weighted by Crippen LogP contribution is -1.90. The Morgan fingerprint density at radius 3 is 2.56 bits per heavy atom. The van der Waals surface area contributed by atoms with Crippen LogP contribution in [0.3, 0.4) is 0 Å². The van der Waals surface area contributed by atoms with E-state index in [9.17, 15) is 4.79 Å². The summed E-state index contributed by atoms with van der Waals surface area (Å²) in [4.78, 5) is 10.7. The van der Waals surface area contributed by atoms with Gasteiger partial charge in [-0.25, -0.2) is 0 Å². The fraction of sp³-hybridized carbons (Fsp3) is 0.188. The van der Waals surface area contributed by atoms with Crippen LogP contribution in [-0.2, 0) is 6.42 Å². The Morgan fingerprint density at radius 2 is 1.89 bits per heavy atom. The molecule has 2 aromatic carbocycles. The lowest BCUT2D eigenvalue weighted by molar-refractivity contribution is 0.112. The highest BCUT2D eigenvalue weighted by atomic mass is 16.5. The van der Waals surface area contributed by atoms with Crippen molar-refractivity contribution in [1.82, 2.24) is 0 Å². The van der Waals surface area contributed by atoms with Gasteiger partial charge in [0.2, 0.25) is 0 Å². The molecule has 18 heavy (non-hydrogen) atoms. The van der Waals surface area contributed by atoms with E-state index in [0.717, 1.165) is 29.8 Å². The maximum absolute atomic E-state index is 10.7. The Morgan fingerprint density at radius 1 is 1.11 bits per heavy atom. The molecule has 0 heterocycles. The first kappa shape index (κ1) is 12.4. The predicted octanol–water partition coefficient (Wildman–Crippen LogP) is 4.16. The molecule has 0 fully saturated rings. The number of hydrogen-bond donors (Lipinski definition) is 0. The molecule has 0 unspecified atom stereocenters. The minimum absolute atomic E-state index is 0.699. The highest BCUT2D eigenvalue weighted by Gasteiger charge is 2.02. The Labute approximate surface area is 107 Å². The fourth-order valence-electron chi connectivity index (χ4n) is 1.81. The minimum Gasteiger partial charge on any atom is -0.457 e. The van der Waals surface area contributed by atoms with Gasteiger partial charge in [-0.05, 0) is 54.8 Å². The standard InChI is InChI=1S/C16H16O2/c1-3-13-5-4-6-15(10-13)18-16-8-7-14(11-17)12(2)9-16/h4-11H,3H2,1-2H3. The second-order valence-electron chi connectivity index (χ2n) is 4.24. The molecule has 0 aromatic heterocycles. The highest BCUT2D eigenvalue weighted by Crippen LogP contribution is 2.24. The van der Waals surface area contributed by atoms with Gasteiger partial charge in [-0.1, -0.05) is 19.1 Å². The molecule has 2 heteroatoms. The van der Waals surface area contributed by atoms with Gasteiger partial charge in [-0.3, -0.25) is 4.79 Å². The second-order valence-corrected chi connectivity index (χ2v) is 4.24. The number of ether oxygens (including phenoxy) is 1. The summed E-state index contributed by atoms with van der Waals surface area (Å²) in [5.74, 6) is 1.58. The molecular weight excluding hydrogens is 224 g/mol. The van der Waals surface area contributed by atoms with Crippen LogP contribution < -0.4 is 4.74 Å². The molecule has 0 aliphatic heterocycles. The van der Waals surface area contributed by atoms with E-state index in [2.05, 4.69) is 13.0 Å². The Hall–Kier alpha value is -2.09. The van der Waals surface area contributed by atoms with E-state index in [1.54, 1.807) is 6.07 Å². The summed E-state index contributed by atoms with van der Waals surface area (Å²) >= 11 is 0. The number of aldehydes is 1. The zero-order valence-corrected chi connectivity index (χ0v) is 10.6. The lowest BCUT2D eigenvalue weighted by atomic mass is 10.1. The van der Waals surface area contributed by atoms with Crippen LogP contribution in [0.2, 0.25) is 0 Å². The minimum atomic E-state index is 0.699. The summed E-state index contributed by atoms with van der Waals surface area (Å²) in [7, 11) is 0. The Kier molecular flexibility index (Phi) is 3.78. The summed E-state index contributed by atoms with van der Waals surface area (Å²) in [6, 6.07) is 13.5. The zero-order chi connectivity index (χ0) is 13.0. The molecule has 0 aliphatic rings. The topological polar surface area (TPSA) is 26.3 Å². The normalized spacial score (nSPS) is 10.1. The molecule has 0 spiro atoms. The van der Waals surface area contributed by atoms with Crippen LogP contribution in [0.1, 0.15) is 28.4 Å². The third kappa shape index (κ3) is 2.77. The van der Waals surface area contributed by atoms with Crippen molar-refractivity contribution in [3.8, 4) is 11.5 Å². The maximum Gasteiger partial charge on any atom is 0.150 e. The smallest absolute Gasteiger partial charge is 0.150 e. The summed E-state index contributed by atoms with van der Waals surface area (Å²) in [6.45, 7) is 4.02. The Balaban J connectivity index is 2.22. The highest BCUT2D eigenvalue weighted by molar-refractivity contribution is 5.77. The molecular formula is C16H16O2. The van der Waals surface area contributed by atoms with Crippen molar-refractivity contribution in [2.24, 2.45) is 0 Å². The fourth-order valence-corrected chi connectivity index (χ4v) is 1.81. The first-order chi connectivity index (χ1) is 8.72. The molecule has 92 valence electrons. The van der Waals surface area contributed by atoms with Crippen molar-refractivity contribution < 1.29 is 9.53 Å². The van der Waals surface area contributed by atoms with Crippen LogP contribution in [0, 0.1) is 6.92 Å². The van der Waals surface area contributed by atoms with Crippen LogP contribution in [-0.4, -0.2) is 6.29 Å². The van der Waals surface area contributed by atoms with Crippen molar-refractivity contribution in [2.75, 3.05) is 0 Å². The van der Waals surface area contributed by atoms with Crippen LogP contribution in [0.4, 0.5) is 0 Å². The van der Waals surface area contributed by atoms with Crippen LogP contribution >= 0.6 is 0 Å². The predicted molar refractivity (Wildman–Crippen MR) is 72.5 cm³/mol. The van der Waals surface area contributed by atoms with Crippen molar-refractivity contribution in [1.29, 1.82) is 0 Å². The SMILES string of the molecule is CCc1cccc(Oc2ccc(C=O)c(C)c2)c1. The number of rotatable bonds is 4. The van der Waals surface area contributed by atoms with E-state index in [0.29, 0.717) is 5.56 Å². The Bertz CT molecular complexity index is 559. The number of aryl methyl sites for hydroxylation is 2. The van der Waals surface area contributed by atoms with Crippen LogP contribution in [0.25, 0.3) is 0 Å². The number of carbonyl (C=O) groups excluding carboxylic acids is 1. The third-order valence-corrected chi connectivity index (χ3v) is 2.91. The van der Waals surface area contributed by atoms with Gasteiger partial charge in [0.1, 0.15) is 17.8 Å². The van der Waals surface area contributed by atoms with Crippen molar-refractivity contribution in [3.05, 3.63) is 59.2 Å². The third-order valence-electron chi connectivity index (χ3n) is 2.91. The molecule has 0 radical (unpaired) electrons. The van der Waals surface area contributed by atoms with E-state index in [4.69, 9.17) is 4.74 Å². The average Bonchev–Trinajstić information content (AvgIpc) is 2.39. The molecule has 0 N–H and O–H groups in total. The van der Waals surface area contributed by atoms with Crippen LogP contribution in [0.15, 0.2) is 42.5 Å². The van der Waals surface area contributed by atoms with E-state index in [1.807, 2.05) is 37.3 Å². The van der Waals surface area contributed by atoms with Gasteiger partial charge in [0.05, 0.1) is 0 Å². The number of hydrogen-bond acceptors (Lipinski definition) is 2. The van der Waals surface area contributed by atoms with Gasteiger partial charge >= 0.3 is 0 Å². The zero-order valence-electron chi connectivity index (χ0n) is 10.6. The van der Waals surface area contributed by atoms with Crippen molar-refractivity contribution in [2.45, 2.75) is 20.3 Å². The molecule has 2 nitrogen and oxygen atoms in total. The molecule has 2 aromatic rings. The monoisotopic (exact) mass is 240 g/mol. The summed E-state index contributed by atoms with van der Waals surface area (Å²) in [6.07, 6.45) is 1.84. The van der Waals surface area contributed by atoms with E-state index in [1.165, 1.54) is 5.56 Å². The summed E-state index contributed by atoms with van der Waals surface area (Å²) in [5, 5.41) is 0. The molecule has 0 amide bonds. The van der Waals surface area contributed by atoms with Gasteiger partial charge < -0.3 is 4.74 Å². The molecule has 0 atom stereocenters. The summed E-state index contributed by atoms with van der Waals surface area (Å²) < 4.78 is 5.79.